The molecule has 0 bridgehead atoms. The molecule has 1 aromatic heterocycles. The third kappa shape index (κ3) is 2.27. The average Bonchev–Trinajstić information content (AvgIpc) is 3.11. The minimum absolute atomic E-state index is 0.217. The predicted octanol–water partition coefficient (Wildman–Crippen LogP) is 2.33. The van der Waals surface area contributed by atoms with Gasteiger partial charge < -0.3 is 14.8 Å². The Balaban J connectivity index is 1.68. The Labute approximate surface area is 115 Å². The number of carbonyl (C=O) groups is 2. The van der Waals surface area contributed by atoms with E-state index in [9.17, 15) is 9.59 Å². The fourth-order valence-corrected chi connectivity index (χ4v) is 2.37. The van der Waals surface area contributed by atoms with Crippen LogP contribution >= 0.6 is 0 Å². The number of carboxylic acids is 1. The Kier molecular flexibility index (Phi) is 2.97. The Morgan fingerprint density at radius 1 is 1.35 bits per heavy atom. The molecule has 104 valence electrons. The van der Waals surface area contributed by atoms with Crippen molar-refractivity contribution in [2.24, 2.45) is 11.8 Å². The third-order valence-electron chi connectivity index (χ3n) is 3.67. The van der Waals surface area contributed by atoms with Crippen molar-refractivity contribution >= 4 is 22.8 Å². The van der Waals surface area contributed by atoms with Gasteiger partial charge in [-0.2, -0.15) is 0 Å². The predicted molar refractivity (Wildman–Crippen MR) is 72.0 cm³/mol. The van der Waals surface area contributed by atoms with Crippen LogP contribution in [-0.4, -0.2) is 17.0 Å². The molecule has 1 aliphatic rings. The van der Waals surface area contributed by atoms with E-state index in [2.05, 4.69) is 5.32 Å². The van der Waals surface area contributed by atoms with Crippen molar-refractivity contribution in [3.05, 3.63) is 36.1 Å². The second kappa shape index (κ2) is 4.67. The summed E-state index contributed by atoms with van der Waals surface area (Å²) in [6.07, 6.45) is 0.425. The second-order valence-corrected chi connectivity index (χ2v) is 5.20. The van der Waals surface area contributed by atoms with Gasteiger partial charge in [-0.05, 0) is 25.5 Å². The van der Waals surface area contributed by atoms with Gasteiger partial charge >= 0.3 is 5.97 Å². The van der Waals surface area contributed by atoms with Gasteiger partial charge in [0.1, 0.15) is 11.3 Å². The summed E-state index contributed by atoms with van der Waals surface area (Å²) in [6.45, 7) is 1.83. The van der Waals surface area contributed by atoms with Crippen LogP contribution in [0, 0.1) is 11.8 Å². The zero-order valence-electron chi connectivity index (χ0n) is 11.0. The molecular weight excluding hydrogens is 258 g/mol. The number of hydrogen-bond acceptors (Lipinski definition) is 3. The number of carboxylic acid groups (broad SMARTS) is 1. The van der Waals surface area contributed by atoms with Crippen LogP contribution in [0.15, 0.2) is 34.7 Å². The highest BCUT2D eigenvalue weighted by molar-refractivity contribution is 5.89. The molecule has 5 nitrogen and oxygen atoms in total. The van der Waals surface area contributed by atoms with Crippen LogP contribution < -0.4 is 5.32 Å². The molecule has 3 rings (SSSR count). The van der Waals surface area contributed by atoms with Crippen molar-refractivity contribution in [2.45, 2.75) is 19.4 Å². The number of rotatable bonds is 4. The van der Waals surface area contributed by atoms with Crippen molar-refractivity contribution in [1.29, 1.82) is 0 Å². The molecule has 1 fully saturated rings. The van der Waals surface area contributed by atoms with Gasteiger partial charge in [0, 0.05) is 5.39 Å². The van der Waals surface area contributed by atoms with Gasteiger partial charge in [0.25, 0.3) is 0 Å². The minimum Gasteiger partial charge on any atom is -0.481 e. The molecule has 0 unspecified atom stereocenters. The van der Waals surface area contributed by atoms with Gasteiger partial charge in [-0.25, -0.2) is 0 Å². The first-order chi connectivity index (χ1) is 9.56. The highest BCUT2D eigenvalue weighted by Gasteiger charge is 2.48. The summed E-state index contributed by atoms with van der Waals surface area (Å²) in [7, 11) is 0. The molecule has 1 amide bonds. The zero-order valence-corrected chi connectivity index (χ0v) is 11.0. The maximum atomic E-state index is 11.9. The number of carbonyl (C=O) groups excluding carboxylic acids is 1. The molecule has 1 aliphatic carbocycles. The third-order valence-corrected chi connectivity index (χ3v) is 3.67. The van der Waals surface area contributed by atoms with E-state index in [4.69, 9.17) is 9.52 Å². The Hall–Kier alpha value is -2.30. The van der Waals surface area contributed by atoms with E-state index in [1.807, 2.05) is 37.3 Å². The maximum Gasteiger partial charge on any atom is 0.307 e. The molecule has 0 saturated heterocycles. The molecule has 2 N–H and O–H groups in total. The van der Waals surface area contributed by atoms with Crippen molar-refractivity contribution in [2.75, 3.05) is 0 Å². The fourth-order valence-electron chi connectivity index (χ4n) is 2.37. The van der Waals surface area contributed by atoms with Crippen molar-refractivity contribution in [1.82, 2.24) is 5.32 Å². The normalized spacial score (nSPS) is 22.4. The molecule has 1 aromatic carbocycles. The van der Waals surface area contributed by atoms with E-state index in [1.165, 1.54) is 0 Å². The van der Waals surface area contributed by atoms with Crippen molar-refractivity contribution < 1.29 is 19.1 Å². The smallest absolute Gasteiger partial charge is 0.307 e. The molecule has 5 heteroatoms. The summed E-state index contributed by atoms with van der Waals surface area (Å²) in [5.41, 5.74) is 0.776. The molecule has 0 aliphatic heterocycles. The van der Waals surface area contributed by atoms with E-state index >= 15 is 0 Å². The summed E-state index contributed by atoms with van der Waals surface area (Å²) in [5, 5.41) is 12.6. The highest BCUT2D eigenvalue weighted by atomic mass is 16.4. The van der Waals surface area contributed by atoms with E-state index in [1.54, 1.807) is 0 Å². The first-order valence-corrected chi connectivity index (χ1v) is 6.58. The summed E-state index contributed by atoms with van der Waals surface area (Å²) in [6, 6.07) is 9.24. The maximum absolute atomic E-state index is 11.9. The number of nitrogens with one attached hydrogen (secondary N) is 1. The van der Waals surface area contributed by atoms with E-state index in [0.29, 0.717) is 12.2 Å². The number of fused-ring (bicyclic) bond motifs is 1. The van der Waals surface area contributed by atoms with Gasteiger partial charge in [0.2, 0.25) is 5.91 Å². The Morgan fingerprint density at radius 3 is 2.75 bits per heavy atom. The quantitative estimate of drug-likeness (QED) is 0.896. The molecule has 3 atom stereocenters. The summed E-state index contributed by atoms with van der Waals surface area (Å²) in [5.74, 6) is -1.38. The zero-order chi connectivity index (χ0) is 14.3. The number of benzene rings is 1. The van der Waals surface area contributed by atoms with E-state index < -0.39 is 17.8 Å². The topological polar surface area (TPSA) is 79.5 Å². The number of furan rings is 1. The van der Waals surface area contributed by atoms with Crippen LogP contribution in [0.2, 0.25) is 0 Å². The average molecular weight is 273 g/mol. The molecule has 20 heavy (non-hydrogen) atoms. The van der Waals surface area contributed by atoms with Crippen molar-refractivity contribution in [3.8, 4) is 0 Å². The van der Waals surface area contributed by atoms with Gasteiger partial charge in [0.15, 0.2) is 0 Å². The molecule has 0 spiro atoms. The largest absolute Gasteiger partial charge is 0.481 e. The molecule has 1 saturated carbocycles. The van der Waals surface area contributed by atoms with Crippen LogP contribution in [0.25, 0.3) is 11.0 Å². The lowest BCUT2D eigenvalue weighted by molar-refractivity contribution is -0.140. The number of aliphatic carboxylic acids is 1. The second-order valence-electron chi connectivity index (χ2n) is 5.20. The Bertz CT molecular complexity index is 642. The van der Waals surface area contributed by atoms with Crippen LogP contribution in [0.5, 0.6) is 0 Å². The number of para-hydroxylation sites is 1. The molecule has 1 heterocycles. The summed E-state index contributed by atoms with van der Waals surface area (Å²) >= 11 is 0. The lowest BCUT2D eigenvalue weighted by Gasteiger charge is -2.10. The van der Waals surface area contributed by atoms with Gasteiger partial charge in [-0.15, -0.1) is 0 Å². The van der Waals surface area contributed by atoms with Gasteiger partial charge in [-0.1, -0.05) is 18.2 Å². The van der Waals surface area contributed by atoms with Gasteiger partial charge in [0.05, 0.1) is 17.9 Å². The van der Waals surface area contributed by atoms with E-state index in [-0.39, 0.29) is 11.9 Å². The first-order valence-electron chi connectivity index (χ1n) is 6.58. The number of hydrogen-bond donors (Lipinski definition) is 2. The molecule has 2 aromatic rings. The Morgan fingerprint density at radius 2 is 2.10 bits per heavy atom. The van der Waals surface area contributed by atoms with E-state index in [0.717, 1.165) is 11.0 Å². The standard InChI is InChI=1S/C15H15NO4/c1-8(16-14(17)10-7-11(10)15(18)19)13-6-9-4-2-3-5-12(9)20-13/h2-6,8,10-11H,7H2,1H3,(H,16,17)(H,18,19)/t8-,10-,11+/m0/s1. The van der Waals surface area contributed by atoms with Crippen LogP contribution in [0.4, 0.5) is 0 Å². The first kappa shape index (κ1) is 12.7. The minimum atomic E-state index is -0.901. The van der Waals surface area contributed by atoms with Crippen LogP contribution in [0.1, 0.15) is 25.1 Å². The lowest BCUT2D eigenvalue weighted by Crippen LogP contribution is -2.28. The summed E-state index contributed by atoms with van der Waals surface area (Å²) < 4.78 is 5.67. The molecular formula is C15H15NO4. The lowest BCUT2D eigenvalue weighted by atomic mass is 10.2. The molecule has 0 radical (unpaired) electrons. The summed E-state index contributed by atoms with van der Waals surface area (Å²) in [4.78, 5) is 22.7. The fraction of sp³-hybridized carbons (Fsp3) is 0.333. The number of amides is 1. The van der Waals surface area contributed by atoms with Crippen molar-refractivity contribution in [3.63, 3.8) is 0 Å². The van der Waals surface area contributed by atoms with Crippen LogP contribution in [0.3, 0.4) is 0 Å². The van der Waals surface area contributed by atoms with Gasteiger partial charge in [-0.3, -0.25) is 9.59 Å². The monoisotopic (exact) mass is 273 g/mol. The SMILES string of the molecule is C[C@H](NC(=O)[C@H]1C[C@H]1C(=O)O)c1cc2ccccc2o1. The highest BCUT2D eigenvalue weighted by Crippen LogP contribution is 2.39. The van der Waals surface area contributed by atoms with Crippen LogP contribution in [-0.2, 0) is 9.59 Å².